The molecule has 0 atom stereocenters. The first kappa shape index (κ1) is 15.0. The van der Waals surface area contributed by atoms with Crippen molar-refractivity contribution in [3.63, 3.8) is 0 Å². The summed E-state index contributed by atoms with van der Waals surface area (Å²) < 4.78 is 1.78. The van der Waals surface area contributed by atoms with Gasteiger partial charge in [-0.15, -0.1) is 12.4 Å². The van der Waals surface area contributed by atoms with Crippen LogP contribution in [0, 0.1) is 5.41 Å². The predicted octanol–water partition coefficient (Wildman–Crippen LogP) is 0.961. The van der Waals surface area contributed by atoms with Crippen molar-refractivity contribution in [3.8, 4) is 0 Å². The molecule has 5 nitrogen and oxygen atoms in total. The van der Waals surface area contributed by atoms with Crippen LogP contribution in [-0.4, -0.2) is 35.1 Å². The van der Waals surface area contributed by atoms with E-state index in [-0.39, 0.29) is 23.7 Å². The fourth-order valence-corrected chi connectivity index (χ4v) is 2.12. The van der Waals surface area contributed by atoms with Gasteiger partial charge in [0.1, 0.15) is 5.69 Å². The van der Waals surface area contributed by atoms with E-state index >= 15 is 0 Å². The van der Waals surface area contributed by atoms with Crippen molar-refractivity contribution >= 4 is 18.3 Å². The van der Waals surface area contributed by atoms with Crippen LogP contribution in [0.15, 0.2) is 12.5 Å². The van der Waals surface area contributed by atoms with Crippen LogP contribution in [-0.2, 0) is 7.05 Å². The number of rotatable bonds is 3. The van der Waals surface area contributed by atoms with Crippen molar-refractivity contribution in [2.75, 3.05) is 19.6 Å². The Bertz CT molecular complexity index is 399. The quantitative estimate of drug-likeness (QED) is 0.862. The molecule has 0 aliphatic carbocycles. The van der Waals surface area contributed by atoms with Gasteiger partial charge in [0, 0.05) is 19.8 Å². The second-order valence-corrected chi connectivity index (χ2v) is 5.17. The maximum Gasteiger partial charge on any atom is 0.271 e. The van der Waals surface area contributed by atoms with Gasteiger partial charge in [0.15, 0.2) is 0 Å². The molecule has 0 bridgehead atoms. The summed E-state index contributed by atoms with van der Waals surface area (Å²) in [6.45, 7) is 5.03. The monoisotopic (exact) mass is 272 g/mol. The molecule has 1 aromatic rings. The normalized spacial score (nSPS) is 17.9. The lowest BCUT2D eigenvalue weighted by atomic mass is 9.81. The minimum Gasteiger partial charge on any atom is -0.350 e. The zero-order chi connectivity index (χ0) is 12.3. The van der Waals surface area contributed by atoms with Gasteiger partial charge in [0.2, 0.25) is 0 Å². The third kappa shape index (κ3) is 3.71. The van der Waals surface area contributed by atoms with Crippen molar-refractivity contribution in [1.82, 2.24) is 20.2 Å². The van der Waals surface area contributed by atoms with Crippen molar-refractivity contribution in [3.05, 3.63) is 18.2 Å². The largest absolute Gasteiger partial charge is 0.350 e. The molecule has 1 saturated heterocycles. The fraction of sp³-hybridized carbons (Fsp3) is 0.667. The first-order chi connectivity index (χ1) is 8.09. The molecule has 2 rings (SSSR count). The van der Waals surface area contributed by atoms with Crippen molar-refractivity contribution in [1.29, 1.82) is 0 Å². The molecule has 6 heteroatoms. The molecular formula is C12H21ClN4O. The molecule has 2 heterocycles. The van der Waals surface area contributed by atoms with Gasteiger partial charge in [-0.3, -0.25) is 4.79 Å². The van der Waals surface area contributed by atoms with E-state index in [4.69, 9.17) is 0 Å². The maximum absolute atomic E-state index is 11.8. The zero-order valence-corrected chi connectivity index (χ0v) is 11.7. The summed E-state index contributed by atoms with van der Waals surface area (Å²) in [5.74, 6) is -0.0784. The summed E-state index contributed by atoms with van der Waals surface area (Å²) in [5, 5.41) is 6.31. The highest BCUT2D eigenvalue weighted by Gasteiger charge is 2.27. The van der Waals surface area contributed by atoms with Crippen molar-refractivity contribution in [2.24, 2.45) is 12.5 Å². The zero-order valence-electron chi connectivity index (χ0n) is 10.9. The van der Waals surface area contributed by atoms with Gasteiger partial charge in [-0.2, -0.15) is 0 Å². The maximum atomic E-state index is 11.8. The Morgan fingerprint density at radius 2 is 2.22 bits per heavy atom. The van der Waals surface area contributed by atoms with Gasteiger partial charge < -0.3 is 15.2 Å². The molecule has 1 fully saturated rings. The Morgan fingerprint density at radius 1 is 1.56 bits per heavy atom. The molecule has 0 saturated carbocycles. The highest BCUT2D eigenvalue weighted by atomic mass is 35.5. The number of carbonyl (C=O) groups excluding carboxylic acids is 1. The van der Waals surface area contributed by atoms with Crippen LogP contribution in [0.25, 0.3) is 0 Å². The van der Waals surface area contributed by atoms with Crippen LogP contribution in [0.2, 0.25) is 0 Å². The first-order valence-electron chi connectivity index (χ1n) is 6.06. The molecule has 1 aliphatic heterocycles. The van der Waals surface area contributed by atoms with Gasteiger partial charge in [0.05, 0.1) is 6.33 Å². The van der Waals surface area contributed by atoms with E-state index < -0.39 is 0 Å². The molecule has 2 N–H and O–H groups in total. The molecule has 0 spiro atoms. The molecule has 0 radical (unpaired) electrons. The predicted molar refractivity (Wildman–Crippen MR) is 73.0 cm³/mol. The minimum atomic E-state index is -0.0784. The Hall–Kier alpha value is -1.07. The number of aromatic nitrogens is 2. The molecule has 0 unspecified atom stereocenters. The third-order valence-electron chi connectivity index (χ3n) is 3.42. The minimum absolute atomic E-state index is 0. The lowest BCUT2D eigenvalue weighted by Crippen LogP contribution is -2.42. The number of hydrogen-bond acceptors (Lipinski definition) is 3. The Labute approximate surface area is 114 Å². The Balaban J connectivity index is 0.00000162. The molecule has 102 valence electrons. The number of hydrogen-bond donors (Lipinski definition) is 2. The van der Waals surface area contributed by atoms with E-state index in [1.807, 2.05) is 7.05 Å². The second-order valence-electron chi connectivity index (χ2n) is 5.17. The third-order valence-corrected chi connectivity index (χ3v) is 3.42. The lowest BCUT2D eigenvalue weighted by molar-refractivity contribution is 0.0917. The van der Waals surface area contributed by atoms with E-state index in [0.29, 0.717) is 5.69 Å². The lowest BCUT2D eigenvalue weighted by Gasteiger charge is -2.34. The Morgan fingerprint density at radius 3 is 2.78 bits per heavy atom. The Kier molecular flexibility index (Phi) is 5.16. The highest BCUT2D eigenvalue weighted by molar-refractivity contribution is 5.92. The van der Waals surface area contributed by atoms with E-state index in [1.54, 1.807) is 17.1 Å². The van der Waals surface area contributed by atoms with Gasteiger partial charge in [-0.05, 0) is 31.3 Å². The van der Waals surface area contributed by atoms with Gasteiger partial charge >= 0.3 is 0 Å². The van der Waals surface area contributed by atoms with Crippen LogP contribution >= 0.6 is 12.4 Å². The molecule has 1 aliphatic rings. The smallest absolute Gasteiger partial charge is 0.271 e. The first-order valence-corrected chi connectivity index (χ1v) is 6.06. The second kappa shape index (κ2) is 6.20. The molecular weight excluding hydrogens is 252 g/mol. The summed E-state index contributed by atoms with van der Waals surface area (Å²) in [7, 11) is 1.86. The van der Waals surface area contributed by atoms with Crippen LogP contribution in [0.5, 0.6) is 0 Å². The average molecular weight is 273 g/mol. The number of carbonyl (C=O) groups is 1. The standard InChI is InChI=1S/C12H20N4O.ClH/c1-12(3-5-13-6-4-12)8-14-11(17)10-7-16(2)9-15-10;/h7,9,13H,3-6,8H2,1-2H3,(H,14,17);1H. The summed E-state index contributed by atoms with van der Waals surface area (Å²) in [5.41, 5.74) is 0.709. The van der Waals surface area contributed by atoms with Crippen LogP contribution in [0.1, 0.15) is 30.3 Å². The number of nitrogens with one attached hydrogen (secondary N) is 2. The number of aryl methyl sites for hydroxylation is 1. The summed E-state index contributed by atoms with van der Waals surface area (Å²) >= 11 is 0. The molecule has 1 amide bonds. The number of imidazole rings is 1. The topological polar surface area (TPSA) is 59.0 Å². The van der Waals surface area contributed by atoms with E-state index in [9.17, 15) is 4.79 Å². The summed E-state index contributed by atoms with van der Waals surface area (Å²) in [6, 6.07) is 0. The molecule has 0 aromatic carbocycles. The SMILES string of the molecule is Cl.Cn1cnc(C(=O)NCC2(C)CCNCC2)c1. The number of halogens is 1. The number of piperidine rings is 1. The van der Waals surface area contributed by atoms with Crippen LogP contribution < -0.4 is 10.6 Å². The van der Waals surface area contributed by atoms with Gasteiger partial charge in [-0.1, -0.05) is 6.92 Å². The average Bonchev–Trinajstić information content (AvgIpc) is 2.74. The molecule has 1 aromatic heterocycles. The summed E-state index contributed by atoms with van der Waals surface area (Å²) in [6.07, 6.45) is 5.59. The van der Waals surface area contributed by atoms with E-state index in [0.717, 1.165) is 32.5 Å². The number of nitrogens with zero attached hydrogens (tertiary/aromatic N) is 2. The number of amides is 1. The van der Waals surface area contributed by atoms with E-state index in [1.165, 1.54) is 0 Å². The highest BCUT2D eigenvalue weighted by Crippen LogP contribution is 2.26. The van der Waals surface area contributed by atoms with Crippen LogP contribution in [0.3, 0.4) is 0 Å². The van der Waals surface area contributed by atoms with Gasteiger partial charge in [0.25, 0.3) is 5.91 Å². The van der Waals surface area contributed by atoms with Crippen molar-refractivity contribution < 1.29 is 4.79 Å². The summed E-state index contributed by atoms with van der Waals surface area (Å²) in [4.78, 5) is 15.9. The van der Waals surface area contributed by atoms with E-state index in [2.05, 4.69) is 22.5 Å². The van der Waals surface area contributed by atoms with Gasteiger partial charge in [-0.25, -0.2) is 4.98 Å². The molecule has 18 heavy (non-hydrogen) atoms. The van der Waals surface area contributed by atoms with Crippen LogP contribution in [0.4, 0.5) is 0 Å². The fourth-order valence-electron chi connectivity index (χ4n) is 2.12. The van der Waals surface area contributed by atoms with Crippen molar-refractivity contribution in [2.45, 2.75) is 19.8 Å².